The molecule has 1 aromatic carbocycles. The summed E-state index contributed by atoms with van der Waals surface area (Å²) in [5, 5.41) is 6.63. The predicted molar refractivity (Wildman–Crippen MR) is 84.5 cm³/mol. The van der Waals surface area contributed by atoms with E-state index in [1.807, 2.05) is 5.38 Å². The number of nitrogens with one attached hydrogen (secondary N) is 1. The Morgan fingerprint density at radius 1 is 1.26 bits per heavy atom. The van der Waals surface area contributed by atoms with E-state index in [1.165, 1.54) is 29.5 Å². The monoisotopic (exact) mass is 352 g/mol. The fourth-order valence-corrected chi connectivity index (χ4v) is 3.86. The van der Waals surface area contributed by atoms with Gasteiger partial charge in [-0.25, -0.2) is 27.2 Å². The Labute approximate surface area is 136 Å². The first kappa shape index (κ1) is 15.8. The molecule has 9 heteroatoms. The third-order valence-corrected chi connectivity index (χ3v) is 5.41. The van der Waals surface area contributed by atoms with E-state index in [4.69, 9.17) is 0 Å². The number of aromatic nitrogens is 3. The van der Waals surface area contributed by atoms with Crippen molar-refractivity contribution in [2.75, 3.05) is 6.54 Å². The van der Waals surface area contributed by atoms with Crippen molar-refractivity contribution in [1.82, 2.24) is 19.5 Å². The number of halogens is 1. The zero-order valence-corrected chi connectivity index (χ0v) is 13.5. The van der Waals surface area contributed by atoms with Crippen molar-refractivity contribution in [3.05, 3.63) is 59.6 Å². The van der Waals surface area contributed by atoms with E-state index in [9.17, 15) is 12.8 Å². The number of hydrogen-bond donors (Lipinski definition) is 1. The van der Waals surface area contributed by atoms with Crippen LogP contribution in [0.4, 0.5) is 4.39 Å². The highest BCUT2D eigenvalue weighted by Gasteiger charge is 2.17. The SMILES string of the molecule is O=S(=O)(NCCc1csc(-n2cccn2)n1)c1ccccc1F. The summed E-state index contributed by atoms with van der Waals surface area (Å²) in [4.78, 5) is 4.02. The maximum atomic E-state index is 13.6. The lowest BCUT2D eigenvalue weighted by molar-refractivity contribution is 0.557. The molecule has 3 rings (SSSR count). The van der Waals surface area contributed by atoms with Crippen molar-refractivity contribution in [3.8, 4) is 5.13 Å². The molecule has 0 amide bonds. The van der Waals surface area contributed by atoms with Crippen LogP contribution in [0.5, 0.6) is 0 Å². The molecule has 0 bridgehead atoms. The Bertz CT molecular complexity index is 891. The second kappa shape index (κ2) is 6.57. The van der Waals surface area contributed by atoms with Crippen molar-refractivity contribution < 1.29 is 12.8 Å². The highest BCUT2D eigenvalue weighted by Crippen LogP contribution is 2.15. The average Bonchev–Trinajstić information content (AvgIpc) is 3.18. The number of thiazole rings is 1. The van der Waals surface area contributed by atoms with Crippen LogP contribution >= 0.6 is 11.3 Å². The zero-order valence-electron chi connectivity index (χ0n) is 11.9. The molecule has 0 radical (unpaired) electrons. The third-order valence-electron chi connectivity index (χ3n) is 3.04. The van der Waals surface area contributed by atoms with Crippen LogP contribution in [0.15, 0.2) is 53.0 Å². The van der Waals surface area contributed by atoms with Gasteiger partial charge in [0.2, 0.25) is 15.2 Å². The molecule has 0 unspecified atom stereocenters. The molecule has 2 aromatic heterocycles. The van der Waals surface area contributed by atoms with Gasteiger partial charge in [0.1, 0.15) is 10.7 Å². The van der Waals surface area contributed by atoms with Gasteiger partial charge in [-0.1, -0.05) is 12.1 Å². The van der Waals surface area contributed by atoms with E-state index in [-0.39, 0.29) is 11.4 Å². The smallest absolute Gasteiger partial charge is 0.223 e. The minimum Gasteiger partial charge on any atom is -0.223 e. The Morgan fingerprint density at radius 2 is 2.09 bits per heavy atom. The lowest BCUT2D eigenvalue weighted by atomic mass is 10.3. The van der Waals surface area contributed by atoms with Crippen LogP contribution in [0.1, 0.15) is 5.69 Å². The topological polar surface area (TPSA) is 76.9 Å². The molecule has 2 heterocycles. The summed E-state index contributed by atoms with van der Waals surface area (Å²) in [7, 11) is -3.86. The van der Waals surface area contributed by atoms with Crippen molar-refractivity contribution >= 4 is 21.4 Å². The van der Waals surface area contributed by atoms with Crippen molar-refractivity contribution in [2.45, 2.75) is 11.3 Å². The van der Waals surface area contributed by atoms with E-state index < -0.39 is 15.8 Å². The van der Waals surface area contributed by atoms with Crippen molar-refractivity contribution in [1.29, 1.82) is 0 Å². The Balaban J connectivity index is 1.62. The summed E-state index contributed by atoms with van der Waals surface area (Å²) in [5.41, 5.74) is 0.747. The first-order valence-electron chi connectivity index (χ1n) is 6.75. The van der Waals surface area contributed by atoms with Gasteiger partial charge in [-0.05, 0) is 18.2 Å². The van der Waals surface area contributed by atoms with Crippen molar-refractivity contribution in [3.63, 3.8) is 0 Å². The second-order valence-corrected chi connectivity index (χ2v) is 7.22. The molecular weight excluding hydrogens is 339 g/mol. The van der Waals surface area contributed by atoms with E-state index in [2.05, 4.69) is 14.8 Å². The molecule has 0 atom stereocenters. The summed E-state index contributed by atoms with van der Waals surface area (Å²) >= 11 is 1.42. The fraction of sp³-hybridized carbons (Fsp3) is 0.143. The fourth-order valence-electron chi connectivity index (χ4n) is 1.95. The number of nitrogens with zero attached hydrogens (tertiary/aromatic N) is 3. The quantitative estimate of drug-likeness (QED) is 0.736. The first-order chi connectivity index (χ1) is 11.1. The highest BCUT2D eigenvalue weighted by atomic mass is 32.2. The van der Waals surface area contributed by atoms with Crippen LogP contribution in [0.3, 0.4) is 0 Å². The van der Waals surface area contributed by atoms with Crippen molar-refractivity contribution in [2.24, 2.45) is 0 Å². The predicted octanol–water partition coefficient (Wildman–Crippen LogP) is 1.99. The van der Waals surface area contributed by atoms with Gasteiger partial charge in [0, 0.05) is 30.7 Å². The van der Waals surface area contributed by atoms with E-state index in [0.29, 0.717) is 11.6 Å². The summed E-state index contributed by atoms with van der Waals surface area (Å²) < 4.78 is 41.7. The molecule has 0 aliphatic rings. The molecule has 3 aromatic rings. The standard InChI is InChI=1S/C14H13FN4O2S2/c15-12-4-1-2-5-13(12)23(20,21)17-8-6-11-10-22-14(18-11)19-9-3-7-16-19/h1-5,7,9-10,17H,6,8H2. The normalized spacial score (nSPS) is 11.7. The van der Waals surface area contributed by atoms with Gasteiger partial charge in [0.25, 0.3) is 0 Å². The number of hydrogen-bond acceptors (Lipinski definition) is 5. The lowest BCUT2D eigenvalue weighted by Gasteiger charge is -2.06. The Hall–Kier alpha value is -2.10. The van der Waals surface area contributed by atoms with E-state index >= 15 is 0 Å². The zero-order chi connectivity index (χ0) is 16.3. The van der Waals surface area contributed by atoms with Gasteiger partial charge >= 0.3 is 0 Å². The van der Waals surface area contributed by atoms with Gasteiger partial charge in [0.05, 0.1) is 5.69 Å². The summed E-state index contributed by atoms with van der Waals surface area (Å²) in [6, 6.07) is 7.07. The summed E-state index contributed by atoms with van der Waals surface area (Å²) in [6.45, 7) is 0.138. The maximum absolute atomic E-state index is 13.6. The lowest BCUT2D eigenvalue weighted by Crippen LogP contribution is -2.26. The minimum absolute atomic E-state index is 0.138. The Morgan fingerprint density at radius 3 is 2.83 bits per heavy atom. The summed E-state index contributed by atoms with van der Waals surface area (Å²) in [6.07, 6.45) is 3.85. The molecule has 1 N–H and O–H groups in total. The van der Waals surface area contributed by atoms with Gasteiger partial charge in [-0.15, -0.1) is 11.3 Å². The maximum Gasteiger partial charge on any atom is 0.243 e. The van der Waals surface area contributed by atoms with E-state index in [1.54, 1.807) is 23.1 Å². The molecule has 0 aliphatic heterocycles. The number of sulfonamides is 1. The van der Waals surface area contributed by atoms with Crippen LogP contribution < -0.4 is 4.72 Å². The summed E-state index contributed by atoms with van der Waals surface area (Å²) in [5.74, 6) is -0.769. The molecule has 0 saturated carbocycles. The van der Waals surface area contributed by atoms with E-state index in [0.717, 1.165) is 11.8 Å². The molecule has 0 saturated heterocycles. The van der Waals surface area contributed by atoms with Gasteiger partial charge < -0.3 is 0 Å². The molecule has 0 spiro atoms. The molecule has 23 heavy (non-hydrogen) atoms. The van der Waals surface area contributed by atoms with Crippen LogP contribution in [0.2, 0.25) is 0 Å². The number of rotatable bonds is 6. The largest absolute Gasteiger partial charge is 0.243 e. The van der Waals surface area contributed by atoms with Crippen LogP contribution in [0, 0.1) is 5.82 Å². The molecule has 0 fully saturated rings. The van der Waals surface area contributed by atoms with Crippen LogP contribution in [-0.2, 0) is 16.4 Å². The molecule has 120 valence electrons. The highest BCUT2D eigenvalue weighted by molar-refractivity contribution is 7.89. The van der Waals surface area contributed by atoms with Gasteiger partial charge in [0.15, 0.2) is 0 Å². The minimum atomic E-state index is -3.86. The molecule has 6 nitrogen and oxygen atoms in total. The van der Waals surface area contributed by atoms with Gasteiger partial charge in [-0.3, -0.25) is 0 Å². The number of benzene rings is 1. The van der Waals surface area contributed by atoms with Crippen LogP contribution in [0.25, 0.3) is 5.13 Å². The van der Waals surface area contributed by atoms with Gasteiger partial charge in [-0.2, -0.15) is 5.10 Å². The average molecular weight is 352 g/mol. The second-order valence-electron chi connectivity index (χ2n) is 4.65. The molecular formula is C14H13FN4O2S2. The third kappa shape index (κ3) is 3.63. The first-order valence-corrected chi connectivity index (χ1v) is 9.11. The molecule has 0 aliphatic carbocycles. The van der Waals surface area contributed by atoms with Crippen LogP contribution in [-0.4, -0.2) is 29.7 Å². The Kier molecular flexibility index (Phi) is 4.51.